The maximum absolute atomic E-state index is 12.6. The lowest BCUT2D eigenvalue weighted by molar-refractivity contribution is -0.116. The SMILES string of the molecule is CCCCCCOc1ccc(C(=O)NC(=S)Nc2cccc(N(C)C(C)=O)c2)cc1Br. The van der Waals surface area contributed by atoms with E-state index in [1.54, 1.807) is 43.4 Å². The Balaban J connectivity index is 1.92. The lowest BCUT2D eigenvalue weighted by Gasteiger charge is -2.17. The van der Waals surface area contributed by atoms with Crippen LogP contribution < -0.4 is 20.3 Å². The highest BCUT2D eigenvalue weighted by Gasteiger charge is 2.12. The van der Waals surface area contributed by atoms with E-state index in [1.807, 2.05) is 6.07 Å². The lowest BCUT2D eigenvalue weighted by Crippen LogP contribution is -2.34. The molecule has 0 bridgehead atoms. The summed E-state index contributed by atoms with van der Waals surface area (Å²) in [5.41, 5.74) is 1.85. The van der Waals surface area contributed by atoms with Gasteiger partial charge in [-0.3, -0.25) is 14.9 Å². The fourth-order valence-electron chi connectivity index (χ4n) is 2.78. The van der Waals surface area contributed by atoms with Crippen LogP contribution in [0, 0.1) is 0 Å². The van der Waals surface area contributed by atoms with Crippen LogP contribution in [0.25, 0.3) is 0 Å². The number of hydrogen-bond acceptors (Lipinski definition) is 4. The van der Waals surface area contributed by atoms with Crippen molar-refractivity contribution in [2.75, 3.05) is 23.9 Å². The third-order valence-corrected chi connectivity index (χ3v) is 5.46. The number of ether oxygens (including phenoxy) is 1. The number of anilines is 2. The van der Waals surface area contributed by atoms with Crippen LogP contribution in [0.15, 0.2) is 46.9 Å². The molecule has 0 radical (unpaired) electrons. The van der Waals surface area contributed by atoms with E-state index < -0.39 is 0 Å². The van der Waals surface area contributed by atoms with Gasteiger partial charge in [-0.15, -0.1) is 0 Å². The molecular formula is C23H28BrN3O3S. The van der Waals surface area contributed by atoms with Crippen LogP contribution in [0.3, 0.4) is 0 Å². The zero-order valence-corrected chi connectivity index (χ0v) is 20.4. The molecule has 2 amide bonds. The molecule has 0 aliphatic rings. The molecule has 0 aliphatic carbocycles. The smallest absolute Gasteiger partial charge is 0.257 e. The first-order valence-electron chi connectivity index (χ1n) is 10.2. The van der Waals surface area contributed by atoms with E-state index in [0.29, 0.717) is 23.6 Å². The summed E-state index contributed by atoms with van der Waals surface area (Å²) in [5, 5.41) is 5.81. The molecule has 8 heteroatoms. The van der Waals surface area contributed by atoms with Gasteiger partial charge in [-0.2, -0.15) is 0 Å². The fourth-order valence-corrected chi connectivity index (χ4v) is 3.49. The molecule has 0 saturated carbocycles. The number of halogens is 1. The topological polar surface area (TPSA) is 70.7 Å². The molecule has 31 heavy (non-hydrogen) atoms. The zero-order chi connectivity index (χ0) is 22.8. The van der Waals surface area contributed by atoms with Crippen molar-refractivity contribution < 1.29 is 14.3 Å². The largest absolute Gasteiger partial charge is 0.492 e. The van der Waals surface area contributed by atoms with Crippen LogP contribution in [0.5, 0.6) is 5.75 Å². The predicted molar refractivity (Wildman–Crippen MR) is 133 cm³/mol. The minimum absolute atomic E-state index is 0.0769. The van der Waals surface area contributed by atoms with E-state index in [4.69, 9.17) is 17.0 Å². The Labute approximate surface area is 197 Å². The molecule has 2 aromatic rings. The average molecular weight is 506 g/mol. The summed E-state index contributed by atoms with van der Waals surface area (Å²) in [4.78, 5) is 25.6. The van der Waals surface area contributed by atoms with Crippen molar-refractivity contribution in [3.05, 3.63) is 52.5 Å². The third kappa shape index (κ3) is 7.95. The van der Waals surface area contributed by atoms with Gasteiger partial charge in [-0.1, -0.05) is 32.3 Å². The van der Waals surface area contributed by atoms with Gasteiger partial charge in [-0.05, 0) is 71.0 Å². The number of benzene rings is 2. The van der Waals surface area contributed by atoms with Crippen molar-refractivity contribution in [3.63, 3.8) is 0 Å². The minimum Gasteiger partial charge on any atom is -0.492 e. The quantitative estimate of drug-likeness (QED) is 0.346. The molecule has 0 aliphatic heterocycles. The number of amides is 2. The first-order valence-corrected chi connectivity index (χ1v) is 11.4. The van der Waals surface area contributed by atoms with Crippen LogP contribution in [0.2, 0.25) is 0 Å². The van der Waals surface area contributed by atoms with E-state index in [-0.39, 0.29) is 16.9 Å². The van der Waals surface area contributed by atoms with Gasteiger partial charge in [0, 0.05) is 30.9 Å². The molecule has 0 spiro atoms. The highest BCUT2D eigenvalue weighted by atomic mass is 79.9. The van der Waals surface area contributed by atoms with Crippen molar-refractivity contribution in [1.82, 2.24) is 5.32 Å². The summed E-state index contributed by atoms with van der Waals surface area (Å²) in [6.07, 6.45) is 4.54. The standard InChI is InChI=1S/C23H28BrN3O3S/c1-4-5-6-7-13-30-21-12-11-17(14-20(21)24)22(29)26-23(31)25-18-9-8-10-19(15-18)27(3)16(2)28/h8-12,14-15H,4-7,13H2,1-3H3,(H2,25,26,29,31). The number of carbonyl (C=O) groups is 2. The number of unbranched alkanes of at least 4 members (excludes halogenated alkanes) is 3. The van der Waals surface area contributed by atoms with Crippen molar-refractivity contribution in [1.29, 1.82) is 0 Å². The lowest BCUT2D eigenvalue weighted by atomic mass is 10.2. The summed E-state index contributed by atoms with van der Waals surface area (Å²) in [5.74, 6) is 0.303. The van der Waals surface area contributed by atoms with Gasteiger partial charge >= 0.3 is 0 Å². The van der Waals surface area contributed by atoms with E-state index in [9.17, 15) is 9.59 Å². The van der Waals surface area contributed by atoms with E-state index >= 15 is 0 Å². The van der Waals surface area contributed by atoms with Crippen molar-refractivity contribution >= 4 is 56.4 Å². The Morgan fingerprint density at radius 1 is 1.13 bits per heavy atom. The van der Waals surface area contributed by atoms with Crippen LogP contribution in [0.1, 0.15) is 49.9 Å². The average Bonchev–Trinajstić information content (AvgIpc) is 2.73. The summed E-state index contributed by atoms with van der Waals surface area (Å²) < 4.78 is 6.50. The van der Waals surface area contributed by atoms with Crippen molar-refractivity contribution in [2.24, 2.45) is 0 Å². The summed E-state index contributed by atoms with van der Waals surface area (Å²) in [7, 11) is 1.69. The zero-order valence-electron chi connectivity index (χ0n) is 18.0. The number of hydrogen-bond donors (Lipinski definition) is 2. The maximum Gasteiger partial charge on any atom is 0.257 e. The number of nitrogens with one attached hydrogen (secondary N) is 2. The van der Waals surface area contributed by atoms with E-state index in [0.717, 1.165) is 23.0 Å². The number of nitrogens with zero attached hydrogens (tertiary/aromatic N) is 1. The highest BCUT2D eigenvalue weighted by molar-refractivity contribution is 9.10. The second-order valence-electron chi connectivity index (χ2n) is 7.09. The van der Waals surface area contributed by atoms with Crippen molar-refractivity contribution in [2.45, 2.75) is 39.5 Å². The van der Waals surface area contributed by atoms with Gasteiger partial charge < -0.3 is 15.0 Å². The maximum atomic E-state index is 12.6. The first kappa shape index (κ1) is 24.8. The van der Waals surface area contributed by atoms with Gasteiger partial charge in [-0.25, -0.2) is 0 Å². The van der Waals surface area contributed by atoms with E-state index in [1.165, 1.54) is 24.7 Å². The summed E-state index contributed by atoms with van der Waals surface area (Å²) in [6, 6.07) is 12.4. The molecule has 0 fully saturated rings. The minimum atomic E-state index is -0.329. The van der Waals surface area contributed by atoms with E-state index in [2.05, 4.69) is 33.5 Å². The number of thiocarbonyl (C=S) groups is 1. The Hall–Kier alpha value is -2.45. The van der Waals surface area contributed by atoms with Gasteiger partial charge in [0.05, 0.1) is 11.1 Å². The monoisotopic (exact) mass is 505 g/mol. The molecule has 0 heterocycles. The Morgan fingerprint density at radius 3 is 2.58 bits per heavy atom. The number of carbonyl (C=O) groups excluding carboxylic acids is 2. The predicted octanol–water partition coefficient (Wildman–Crippen LogP) is 5.52. The molecule has 0 atom stereocenters. The number of rotatable bonds is 9. The second kappa shape index (κ2) is 12.4. The first-order chi connectivity index (χ1) is 14.8. The Morgan fingerprint density at radius 2 is 1.90 bits per heavy atom. The van der Waals surface area contributed by atoms with Gasteiger partial charge in [0.1, 0.15) is 5.75 Å². The third-order valence-electron chi connectivity index (χ3n) is 4.64. The molecule has 0 aromatic heterocycles. The van der Waals surface area contributed by atoms with Gasteiger partial charge in [0.25, 0.3) is 5.91 Å². The molecule has 2 N–H and O–H groups in total. The normalized spacial score (nSPS) is 10.3. The summed E-state index contributed by atoms with van der Waals surface area (Å²) >= 11 is 8.73. The fraction of sp³-hybridized carbons (Fsp3) is 0.348. The molecule has 2 rings (SSSR count). The van der Waals surface area contributed by atoms with Crippen molar-refractivity contribution in [3.8, 4) is 5.75 Å². The molecule has 0 unspecified atom stereocenters. The highest BCUT2D eigenvalue weighted by Crippen LogP contribution is 2.26. The van der Waals surface area contributed by atoms with Gasteiger partial charge in [0.15, 0.2) is 5.11 Å². The van der Waals surface area contributed by atoms with Crippen LogP contribution in [-0.4, -0.2) is 30.6 Å². The van der Waals surface area contributed by atoms with Crippen LogP contribution >= 0.6 is 28.1 Å². The summed E-state index contributed by atoms with van der Waals surface area (Å²) in [6.45, 7) is 4.31. The van der Waals surface area contributed by atoms with Gasteiger partial charge in [0.2, 0.25) is 5.91 Å². The Bertz CT molecular complexity index is 936. The molecule has 2 aromatic carbocycles. The molecule has 166 valence electrons. The van der Waals surface area contributed by atoms with Crippen LogP contribution in [0.4, 0.5) is 11.4 Å². The second-order valence-corrected chi connectivity index (χ2v) is 8.35. The molecule has 6 nitrogen and oxygen atoms in total. The molecular weight excluding hydrogens is 478 g/mol. The molecule has 0 saturated heterocycles. The van der Waals surface area contributed by atoms with Crippen LogP contribution in [-0.2, 0) is 4.79 Å². The Kier molecular flexibility index (Phi) is 9.94.